The van der Waals surface area contributed by atoms with Crippen molar-refractivity contribution in [2.45, 2.75) is 58.0 Å². The van der Waals surface area contributed by atoms with E-state index in [0.29, 0.717) is 6.04 Å². The van der Waals surface area contributed by atoms with E-state index in [1.54, 1.807) is 0 Å². The fourth-order valence-corrected chi connectivity index (χ4v) is 2.43. The Labute approximate surface area is 89.1 Å². The summed E-state index contributed by atoms with van der Waals surface area (Å²) >= 11 is 0. The SMILES string of the molecule is CCN(CC(C)NC)C1CCCCC1. The van der Waals surface area contributed by atoms with Crippen LogP contribution in [0.3, 0.4) is 0 Å². The van der Waals surface area contributed by atoms with Gasteiger partial charge in [-0.25, -0.2) is 0 Å². The van der Waals surface area contributed by atoms with Crippen molar-refractivity contribution in [3.05, 3.63) is 0 Å². The highest BCUT2D eigenvalue weighted by Crippen LogP contribution is 2.22. The predicted octanol–water partition coefficient (Wildman–Crippen LogP) is 2.25. The highest BCUT2D eigenvalue weighted by molar-refractivity contribution is 4.77. The molecule has 0 spiro atoms. The number of nitrogens with one attached hydrogen (secondary N) is 1. The molecular formula is C12H26N2. The minimum absolute atomic E-state index is 0.622. The van der Waals surface area contributed by atoms with Crippen LogP contribution in [0.1, 0.15) is 46.0 Å². The summed E-state index contributed by atoms with van der Waals surface area (Å²) in [6, 6.07) is 1.49. The molecule has 0 amide bonds. The fourth-order valence-electron chi connectivity index (χ4n) is 2.43. The third-order valence-electron chi connectivity index (χ3n) is 3.50. The molecule has 84 valence electrons. The molecule has 0 aromatic heterocycles. The fraction of sp³-hybridized carbons (Fsp3) is 1.00. The zero-order chi connectivity index (χ0) is 10.4. The van der Waals surface area contributed by atoms with E-state index in [1.807, 2.05) is 0 Å². The number of nitrogens with zero attached hydrogens (tertiary/aromatic N) is 1. The monoisotopic (exact) mass is 198 g/mol. The lowest BCUT2D eigenvalue weighted by atomic mass is 9.94. The largest absolute Gasteiger partial charge is 0.316 e. The summed E-state index contributed by atoms with van der Waals surface area (Å²) in [6.07, 6.45) is 7.17. The Hall–Kier alpha value is -0.0800. The first kappa shape index (κ1) is 12.0. The Kier molecular flexibility index (Phi) is 5.49. The minimum atomic E-state index is 0.622. The normalized spacial score (nSPS) is 21.4. The molecule has 0 aromatic carbocycles. The van der Waals surface area contributed by atoms with Gasteiger partial charge in [-0.15, -0.1) is 0 Å². The first-order valence-corrected chi connectivity index (χ1v) is 6.19. The molecule has 2 heteroatoms. The summed E-state index contributed by atoms with van der Waals surface area (Å²) in [5.41, 5.74) is 0. The Morgan fingerprint density at radius 1 is 1.29 bits per heavy atom. The van der Waals surface area contributed by atoms with Crippen molar-refractivity contribution in [1.29, 1.82) is 0 Å². The number of hydrogen-bond donors (Lipinski definition) is 1. The quantitative estimate of drug-likeness (QED) is 0.729. The first-order valence-electron chi connectivity index (χ1n) is 6.19. The molecule has 0 heterocycles. The molecule has 1 N–H and O–H groups in total. The highest BCUT2D eigenvalue weighted by Gasteiger charge is 2.20. The standard InChI is InChI=1S/C12H26N2/c1-4-14(10-11(2)13-3)12-8-6-5-7-9-12/h11-13H,4-10H2,1-3H3. The zero-order valence-electron chi connectivity index (χ0n) is 10.1. The minimum Gasteiger partial charge on any atom is -0.316 e. The van der Waals surface area contributed by atoms with Crippen molar-refractivity contribution in [3.63, 3.8) is 0 Å². The first-order chi connectivity index (χ1) is 6.77. The second kappa shape index (κ2) is 6.41. The van der Waals surface area contributed by atoms with Gasteiger partial charge in [-0.2, -0.15) is 0 Å². The van der Waals surface area contributed by atoms with Crippen molar-refractivity contribution in [2.24, 2.45) is 0 Å². The average Bonchev–Trinajstić information content (AvgIpc) is 2.26. The molecule has 1 aliphatic rings. The van der Waals surface area contributed by atoms with Crippen LogP contribution in [0.2, 0.25) is 0 Å². The lowest BCUT2D eigenvalue weighted by Crippen LogP contribution is -2.44. The van der Waals surface area contributed by atoms with E-state index < -0.39 is 0 Å². The van der Waals surface area contributed by atoms with Gasteiger partial charge in [0.25, 0.3) is 0 Å². The molecule has 1 aliphatic carbocycles. The maximum absolute atomic E-state index is 3.33. The summed E-state index contributed by atoms with van der Waals surface area (Å²) in [7, 11) is 2.05. The van der Waals surface area contributed by atoms with Gasteiger partial charge in [0.15, 0.2) is 0 Å². The van der Waals surface area contributed by atoms with Crippen molar-refractivity contribution in [1.82, 2.24) is 10.2 Å². The maximum Gasteiger partial charge on any atom is 0.0163 e. The van der Waals surface area contributed by atoms with Gasteiger partial charge in [0, 0.05) is 18.6 Å². The van der Waals surface area contributed by atoms with Crippen molar-refractivity contribution >= 4 is 0 Å². The van der Waals surface area contributed by atoms with Crippen LogP contribution in [0.4, 0.5) is 0 Å². The lowest BCUT2D eigenvalue weighted by molar-refractivity contribution is 0.152. The molecule has 1 saturated carbocycles. The van der Waals surface area contributed by atoms with Gasteiger partial charge in [0.2, 0.25) is 0 Å². The van der Waals surface area contributed by atoms with E-state index in [4.69, 9.17) is 0 Å². The van der Waals surface area contributed by atoms with Crippen LogP contribution in [-0.2, 0) is 0 Å². The van der Waals surface area contributed by atoms with Crippen LogP contribution in [0.25, 0.3) is 0 Å². The molecule has 1 unspecified atom stereocenters. The van der Waals surface area contributed by atoms with Gasteiger partial charge in [0.05, 0.1) is 0 Å². The molecule has 0 aliphatic heterocycles. The van der Waals surface area contributed by atoms with Crippen LogP contribution in [0, 0.1) is 0 Å². The molecule has 0 radical (unpaired) electrons. The van der Waals surface area contributed by atoms with E-state index in [1.165, 1.54) is 45.2 Å². The molecular weight excluding hydrogens is 172 g/mol. The molecule has 1 fully saturated rings. The number of hydrogen-bond acceptors (Lipinski definition) is 2. The van der Waals surface area contributed by atoms with Crippen molar-refractivity contribution in [3.8, 4) is 0 Å². The molecule has 0 bridgehead atoms. The molecule has 0 aromatic rings. The second-order valence-corrected chi connectivity index (χ2v) is 4.57. The molecule has 2 nitrogen and oxygen atoms in total. The Bertz CT molecular complexity index is 141. The smallest absolute Gasteiger partial charge is 0.0163 e. The van der Waals surface area contributed by atoms with Gasteiger partial charge in [-0.3, -0.25) is 4.90 Å². The summed E-state index contributed by atoms with van der Waals surface area (Å²) in [5.74, 6) is 0. The topological polar surface area (TPSA) is 15.3 Å². The predicted molar refractivity (Wildman–Crippen MR) is 62.6 cm³/mol. The maximum atomic E-state index is 3.33. The van der Waals surface area contributed by atoms with E-state index in [0.717, 1.165) is 6.04 Å². The summed E-state index contributed by atoms with van der Waals surface area (Å²) in [6.45, 7) is 6.97. The van der Waals surface area contributed by atoms with Crippen LogP contribution < -0.4 is 5.32 Å². The summed E-state index contributed by atoms with van der Waals surface area (Å²) < 4.78 is 0. The van der Waals surface area contributed by atoms with Gasteiger partial charge in [0.1, 0.15) is 0 Å². The third kappa shape index (κ3) is 3.58. The van der Waals surface area contributed by atoms with E-state index in [2.05, 4.69) is 31.1 Å². The van der Waals surface area contributed by atoms with Gasteiger partial charge < -0.3 is 5.32 Å². The lowest BCUT2D eigenvalue weighted by Gasteiger charge is -2.35. The van der Waals surface area contributed by atoms with E-state index in [-0.39, 0.29) is 0 Å². The number of likely N-dealkylation sites (N-methyl/N-ethyl adjacent to an activating group) is 2. The molecule has 0 saturated heterocycles. The van der Waals surface area contributed by atoms with E-state index in [9.17, 15) is 0 Å². The summed E-state index contributed by atoms with van der Waals surface area (Å²) in [5, 5.41) is 3.33. The van der Waals surface area contributed by atoms with Gasteiger partial charge in [-0.05, 0) is 33.4 Å². The van der Waals surface area contributed by atoms with Crippen molar-refractivity contribution in [2.75, 3.05) is 20.1 Å². The Morgan fingerprint density at radius 3 is 2.43 bits per heavy atom. The van der Waals surface area contributed by atoms with E-state index >= 15 is 0 Å². The highest BCUT2D eigenvalue weighted by atomic mass is 15.2. The molecule has 1 rings (SSSR count). The molecule has 14 heavy (non-hydrogen) atoms. The third-order valence-corrected chi connectivity index (χ3v) is 3.50. The second-order valence-electron chi connectivity index (χ2n) is 4.57. The number of rotatable bonds is 5. The Balaban J connectivity index is 2.35. The van der Waals surface area contributed by atoms with Crippen molar-refractivity contribution < 1.29 is 0 Å². The molecule has 1 atom stereocenters. The van der Waals surface area contributed by atoms with Crippen LogP contribution >= 0.6 is 0 Å². The average molecular weight is 198 g/mol. The van der Waals surface area contributed by atoms with Crippen LogP contribution in [0.15, 0.2) is 0 Å². The van der Waals surface area contributed by atoms with Crippen LogP contribution in [-0.4, -0.2) is 37.1 Å². The Morgan fingerprint density at radius 2 is 1.93 bits per heavy atom. The van der Waals surface area contributed by atoms with Crippen LogP contribution in [0.5, 0.6) is 0 Å². The van der Waals surface area contributed by atoms with Gasteiger partial charge >= 0.3 is 0 Å². The summed E-state index contributed by atoms with van der Waals surface area (Å²) in [4.78, 5) is 2.65. The van der Waals surface area contributed by atoms with Gasteiger partial charge in [-0.1, -0.05) is 26.2 Å². The zero-order valence-corrected chi connectivity index (χ0v) is 10.1.